The minimum atomic E-state index is -0.544. The molecule has 2 aromatic rings. The predicted molar refractivity (Wildman–Crippen MR) is 133 cm³/mol. The fourth-order valence-corrected chi connectivity index (χ4v) is 3.62. The molecule has 0 spiro atoms. The highest BCUT2D eigenvalue weighted by Gasteiger charge is 2.08. The molecule has 0 radical (unpaired) electrons. The fourth-order valence-electron chi connectivity index (χ4n) is 2.64. The summed E-state index contributed by atoms with van der Waals surface area (Å²) in [5.41, 5.74) is 6.36. The first-order valence-electron chi connectivity index (χ1n) is 10.7. The van der Waals surface area contributed by atoms with E-state index in [-0.39, 0.29) is 21.6 Å². The van der Waals surface area contributed by atoms with Crippen LogP contribution in [-0.2, 0) is 16.1 Å². The Morgan fingerprint density at radius 3 is 2.65 bits per heavy atom. The van der Waals surface area contributed by atoms with E-state index in [9.17, 15) is 19.6 Å². The second kappa shape index (κ2) is 12.9. The summed E-state index contributed by atoms with van der Waals surface area (Å²) in [6.07, 6.45) is 0.944. The maximum atomic E-state index is 12.7. The van der Waals surface area contributed by atoms with E-state index < -0.39 is 12.0 Å². The van der Waals surface area contributed by atoms with E-state index in [1.165, 1.54) is 10.8 Å². The first kappa shape index (κ1) is 26.2. The summed E-state index contributed by atoms with van der Waals surface area (Å²) in [6, 6.07) is 8.80. The average molecular weight is 482 g/mol. The zero-order valence-corrected chi connectivity index (χ0v) is 20.3. The van der Waals surface area contributed by atoms with Crippen molar-refractivity contribution in [1.29, 1.82) is 5.26 Å². The number of anilines is 2. The van der Waals surface area contributed by atoms with Crippen molar-refractivity contribution in [3.63, 3.8) is 0 Å². The molecule has 0 aliphatic carbocycles. The Bertz CT molecular complexity index is 1340. The highest BCUT2D eigenvalue weighted by atomic mass is 32.1. The molecular formula is C24H27N5O4S. The average Bonchev–Trinajstić information content (AvgIpc) is 3.10. The van der Waals surface area contributed by atoms with Crippen molar-refractivity contribution >= 4 is 46.2 Å². The zero-order chi connectivity index (χ0) is 25.1. The number of hydrogen-bond donors (Lipinski definition) is 3. The SMILES string of the molecule is CCNC(=O)C(=C=c1sc(=C=CNc2cccc(NC(=O)OCC(C)C)c2)c(=O)n1CC)C#N. The van der Waals surface area contributed by atoms with Crippen LogP contribution in [0.1, 0.15) is 27.7 Å². The first-order valence-corrected chi connectivity index (χ1v) is 11.5. The van der Waals surface area contributed by atoms with Gasteiger partial charge in [-0.25, -0.2) is 4.79 Å². The third-order valence-electron chi connectivity index (χ3n) is 4.21. The van der Waals surface area contributed by atoms with Crippen LogP contribution in [0.2, 0.25) is 0 Å². The lowest BCUT2D eigenvalue weighted by atomic mass is 10.2. The molecule has 1 heterocycles. The van der Waals surface area contributed by atoms with Crippen LogP contribution in [0.15, 0.2) is 40.8 Å². The van der Waals surface area contributed by atoms with E-state index >= 15 is 0 Å². The van der Waals surface area contributed by atoms with Gasteiger partial charge in [0.15, 0.2) is 5.57 Å². The molecule has 2 rings (SSSR count). The van der Waals surface area contributed by atoms with E-state index in [0.29, 0.717) is 35.7 Å². The summed E-state index contributed by atoms with van der Waals surface area (Å²) in [6.45, 7) is 8.48. The molecule has 0 fully saturated rings. The first-order chi connectivity index (χ1) is 16.3. The lowest BCUT2D eigenvalue weighted by Crippen LogP contribution is -2.30. The quantitative estimate of drug-likeness (QED) is 0.392. The zero-order valence-electron chi connectivity index (χ0n) is 19.5. The number of ether oxygens (including phenoxy) is 1. The molecule has 0 saturated carbocycles. The van der Waals surface area contributed by atoms with Gasteiger partial charge in [-0.15, -0.1) is 0 Å². The number of hydrogen-bond acceptors (Lipinski definition) is 7. The number of carbonyl (C=O) groups is 2. The van der Waals surface area contributed by atoms with Gasteiger partial charge in [-0.3, -0.25) is 19.5 Å². The number of carbonyl (C=O) groups excluding carboxylic acids is 2. The maximum Gasteiger partial charge on any atom is 0.411 e. The summed E-state index contributed by atoms with van der Waals surface area (Å²) in [7, 11) is 0. The molecule has 9 nitrogen and oxygen atoms in total. The lowest BCUT2D eigenvalue weighted by Gasteiger charge is -2.09. The van der Waals surface area contributed by atoms with Crippen LogP contribution in [0.3, 0.4) is 0 Å². The third kappa shape index (κ3) is 7.54. The summed E-state index contributed by atoms with van der Waals surface area (Å²) >= 11 is 1.08. The summed E-state index contributed by atoms with van der Waals surface area (Å²) in [5.74, 6) is -0.305. The Hall–Kier alpha value is -4.02. The smallest absolute Gasteiger partial charge is 0.411 e. The number of nitriles is 1. The molecule has 1 aromatic heterocycles. The maximum absolute atomic E-state index is 12.7. The second-order valence-electron chi connectivity index (χ2n) is 7.39. The molecule has 0 aliphatic rings. The van der Waals surface area contributed by atoms with Crippen molar-refractivity contribution in [3.8, 4) is 6.07 Å². The van der Waals surface area contributed by atoms with Crippen LogP contribution in [-0.4, -0.2) is 29.7 Å². The molecule has 10 heteroatoms. The van der Waals surface area contributed by atoms with Crippen molar-refractivity contribution in [3.05, 3.63) is 55.6 Å². The molecule has 0 atom stereocenters. The van der Waals surface area contributed by atoms with Crippen molar-refractivity contribution in [2.75, 3.05) is 23.8 Å². The van der Waals surface area contributed by atoms with Gasteiger partial charge in [0.25, 0.3) is 11.5 Å². The molecule has 0 unspecified atom stereocenters. The van der Waals surface area contributed by atoms with Gasteiger partial charge in [-0.1, -0.05) is 42.7 Å². The van der Waals surface area contributed by atoms with Crippen LogP contribution in [0.25, 0.3) is 11.5 Å². The van der Waals surface area contributed by atoms with Gasteiger partial charge in [0.05, 0.1) is 6.61 Å². The predicted octanol–water partition coefficient (Wildman–Crippen LogP) is 2.10. The summed E-state index contributed by atoms with van der Waals surface area (Å²) in [4.78, 5) is 36.5. The number of rotatable bonds is 8. The van der Waals surface area contributed by atoms with Crippen LogP contribution < -0.4 is 30.7 Å². The monoisotopic (exact) mass is 481 g/mol. The van der Waals surface area contributed by atoms with E-state index in [2.05, 4.69) is 27.4 Å². The molecule has 178 valence electrons. The Labute approximate surface area is 201 Å². The number of thiazole rings is 1. The number of likely N-dealkylation sites (N-methyl/N-ethyl adjacent to an activating group) is 1. The van der Waals surface area contributed by atoms with E-state index in [0.717, 1.165) is 11.3 Å². The van der Waals surface area contributed by atoms with Gasteiger partial charge in [-0.2, -0.15) is 5.26 Å². The number of amides is 2. The molecule has 0 saturated heterocycles. The number of benzene rings is 1. The van der Waals surface area contributed by atoms with Crippen LogP contribution in [0.5, 0.6) is 0 Å². The van der Waals surface area contributed by atoms with Crippen molar-refractivity contribution in [2.24, 2.45) is 5.92 Å². The van der Waals surface area contributed by atoms with Crippen molar-refractivity contribution in [1.82, 2.24) is 9.88 Å². The van der Waals surface area contributed by atoms with Crippen LogP contribution in [0, 0.1) is 17.2 Å². The highest BCUT2D eigenvalue weighted by Crippen LogP contribution is 2.15. The molecule has 34 heavy (non-hydrogen) atoms. The topological polar surface area (TPSA) is 125 Å². The largest absolute Gasteiger partial charge is 0.449 e. The Morgan fingerprint density at radius 2 is 2.00 bits per heavy atom. The number of nitrogens with one attached hydrogen (secondary N) is 3. The minimum absolute atomic E-state index is 0.199. The molecule has 0 bridgehead atoms. The number of aromatic nitrogens is 1. The van der Waals surface area contributed by atoms with Crippen LogP contribution in [0.4, 0.5) is 16.2 Å². The minimum Gasteiger partial charge on any atom is -0.449 e. The molecule has 3 N–H and O–H groups in total. The Morgan fingerprint density at radius 1 is 1.26 bits per heavy atom. The lowest BCUT2D eigenvalue weighted by molar-refractivity contribution is -0.116. The van der Waals surface area contributed by atoms with E-state index in [4.69, 9.17) is 4.74 Å². The fraction of sp³-hybridized carbons (Fsp3) is 0.333. The van der Waals surface area contributed by atoms with Crippen molar-refractivity contribution < 1.29 is 14.3 Å². The van der Waals surface area contributed by atoms with Gasteiger partial charge in [0.2, 0.25) is 0 Å². The van der Waals surface area contributed by atoms with Crippen LogP contribution >= 0.6 is 11.3 Å². The Kier molecular flexibility index (Phi) is 9.93. The van der Waals surface area contributed by atoms with Gasteiger partial charge in [0, 0.05) is 30.7 Å². The van der Waals surface area contributed by atoms with Gasteiger partial charge >= 0.3 is 6.09 Å². The van der Waals surface area contributed by atoms with Crippen molar-refractivity contribution in [2.45, 2.75) is 34.2 Å². The standard InChI is InChI=1S/C24H27N5O4S/c1-5-26-22(30)17(14-25)12-21-29(6-2)23(31)20(34-21)10-11-27-18-8-7-9-19(13-18)28-24(32)33-15-16(3)4/h7-9,11,13,16,27H,5-6,15H2,1-4H3,(H,26,30)(H,28,32). The molecule has 1 aromatic carbocycles. The normalized spacial score (nSPS) is 9.88. The highest BCUT2D eigenvalue weighted by molar-refractivity contribution is 7.07. The molecular weight excluding hydrogens is 454 g/mol. The summed E-state index contributed by atoms with van der Waals surface area (Å²) in [5, 5.41) is 17.5. The second-order valence-corrected chi connectivity index (χ2v) is 8.39. The molecule has 2 amide bonds. The van der Waals surface area contributed by atoms with Gasteiger partial charge in [-0.05, 0) is 38.0 Å². The third-order valence-corrected chi connectivity index (χ3v) is 5.22. The van der Waals surface area contributed by atoms with E-state index in [1.54, 1.807) is 38.1 Å². The summed E-state index contributed by atoms with van der Waals surface area (Å²) < 4.78 is 7.18. The van der Waals surface area contributed by atoms with Gasteiger partial charge < -0.3 is 15.4 Å². The van der Waals surface area contributed by atoms with E-state index in [1.807, 2.05) is 19.9 Å². The molecule has 0 aliphatic heterocycles. The number of nitrogens with zero attached hydrogens (tertiary/aromatic N) is 2. The van der Waals surface area contributed by atoms with Gasteiger partial charge in [0.1, 0.15) is 15.3 Å². The Balaban J connectivity index is 2.33.